The van der Waals surface area contributed by atoms with Crippen LogP contribution in [-0.4, -0.2) is 44.5 Å². The first kappa shape index (κ1) is 16.4. The summed E-state index contributed by atoms with van der Waals surface area (Å²) >= 11 is 0. The second-order valence-electron chi connectivity index (χ2n) is 4.23. The minimum atomic E-state index is -2.96. The highest BCUT2D eigenvalue weighted by atomic mass is 32.2. The molecule has 0 aromatic rings. The standard InChI is InChI=1S/C11H24N2O3S/c1-5-9(3)13-11(14)10(4)12-7-8-17(15,16)6-2/h9-10,12H,5-8H2,1-4H3,(H,13,14). The molecule has 1 amide bonds. The predicted molar refractivity (Wildman–Crippen MR) is 69.7 cm³/mol. The van der Waals surface area contributed by atoms with Crippen LogP contribution < -0.4 is 10.6 Å². The van der Waals surface area contributed by atoms with Crippen LogP contribution in [0.15, 0.2) is 0 Å². The summed E-state index contributed by atoms with van der Waals surface area (Å²) in [5, 5.41) is 5.75. The Hall–Kier alpha value is -0.620. The molecule has 0 spiro atoms. The number of carbonyl (C=O) groups excluding carboxylic acids is 1. The molecule has 102 valence electrons. The van der Waals surface area contributed by atoms with E-state index in [9.17, 15) is 13.2 Å². The van der Waals surface area contributed by atoms with Gasteiger partial charge in [-0.25, -0.2) is 8.42 Å². The summed E-state index contributed by atoms with van der Waals surface area (Å²) in [5.41, 5.74) is 0. The Bertz CT molecular complexity index is 328. The topological polar surface area (TPSA) is 75.3 Å². The third-order valence-corrected chi connectivity index (χ3v) is 4.40. The van der Waals surface area contributed by atoms with Crippen molar-refractivity contribution >= 4 is 15.7 Å². The summed E-state index contributed by atoms with van der Waals surface area (Å²) in [6.45, 7) is 7.60. The summed E-state index contributed by atoms with van der Waals surface area (Å²) in [7, 11) is -2.96. The number of sulfone groups is 1. The van der Waals surface area contributed by atoms with E-state index in [1.54, 1.807) is 13.8 Å². The van der Waals surface area contributed by atoms with Crippen LogP contribution in [0.4, 0.5) is 0 Å². The lowest BCUT2D eigenvalue weighted by atomic mass is 10.2. The van der Waals surface area contributed by atoms with Crippen LogP contribution in [0.5, 0.6) is 0 Å². The Labute approximate surface area is 104 Å². The number of carbonyl (C=O) groups is 1. The molecular formula is C11H24N2O3S. The molecule has 0 heterocycles. The zero-order chi connectivity index (χ0) is 13.5. The van der Waals surface area contributed by atoms with Crippen molar-refractivity contribution < 1.29 is 13.2 Å². The molecule has 17 heavy (non-hydrogen) atoms. The van der Waals surface area contributed by atoms with Gasteiger partial charge < -0.3 is 10.6 Å². The van der Waals surface area contributed by atoms with E-state index in [1.807, 2.05) is 13.8 Å². The molecule has 6 heteroatoms. The quantitative estimate of drug-likeness (QED) is 0.662. The van der Waals surface area contributed by atoms with Gasteiger partial charge in [0.25, 0.3) is 0 Å². The first-order chi connectivity index (χ1) is 7.82. The van der Waals surface area contributed by atoms with Crippen LogP contribution in [0.25, 0.3) is 0 Å². The lowest BCUT2D eigenvalue weighted by molar-refractivity contribution is -0.123. The van der Waals surface area contributed by atoms with E-state index in [4.69, 9.17) is 0 Å². The van der Waals surface area contributed by atoms with Crippen molar-refractivity contribution in [2.45, 2.75) is 46.2 Å². The number of nitrogens with one attached hydrogen (secondary N) is 2. The monoisotopic (exact) mass is 264 g/mol. The average molecular weight is 264 g/mol. The van der Waals surface area contributed by atoms with Gasteiger partial charge in [-0.15, -0.1) is 0 Å². The zero-order valence-electron chi connectivity index (χ0n) is 11.1. The predicted octanol–water partition coefficient (Wildman–Crippen LogP) is 0.314. The van der Waals surface area contributed by atoms with Crippen molar-refractivity contribution in [3.05, 3.63) is 0 Å². The van der Waals surface area contributed by atoms with Crippen molar-refractivity contribution in [2.24, 2.45) is 0 Å². The number of hydrogen-bond donors (Lipinski definition) is 2. The van der Waals surface area contributed by atoms with Gasteiger partial charge in [0.05, 0.1) is 11.8 Å². The van der Waals surface area contributed by atoms with Gasteiger partial charge >= 0.3 is 0 Å². The second kappa shape index (κ2) is 7.66. The number of hydrogen-bond acceptors (Lipinski definition) is 4. The Morgan fingerprint density at radius 3 is 2.29 bits per heavy atom. The third-order valence-electron chi connectivity index (χ3n) is 2.70. The largest absolute Gasteiger partial charge is 0.352 e. The third kappa shape index (κ3) is 7.33. The minimum absolute atomic E-state index is 0.0739. The van der Waals surface area contributed by atoms with Gasteiger partial charge in [0.2, 0.25) is 5.91 Å². The molecular weight excluding hydrogens is 240 g/mol. The maximum atomic E-state index is 11.6. The molecule has 5 nitrogen and oxygen atoms in total. The van der Waals surface area contributed by atoms with Crippen LogP contribution in [0, 0.1) is 0 Å². The maximum Gasteiger partial charge on any atom is 0.237 e. The molecule has 0 saturated carbocycles. The van der Waals surface area contributed by atoms with E-state index in [-0.39, 0.29) is 29.5 Å². The van der Waals surface area contributed by atoms with E-state index in [0.717, 1.165) is 6.42 Å². The van der Waals surface area contributed by atoms with Gasteiger partial charge in [-0.05, 0) is 20.3 Å². The molecule has 0 saturated heterocycles. The summed E-state index contributed by atoms with van der Waals surface area (Å²) in [6.07, 6.45) is 0.878. The number of amides is 1. The molecule has 0 aliphatic rings. The lowest BCUT2D eigenvalue weighted by Crippen LogP contribution is -2.46. The smallest absolute Gasteiger partial charge is 0.237 e. The highest BCUT2D eigenvalue weighted by Crippen LogP contribution is 1.92. The second-order valence-corrected chi connectivity index (χ2v) is 6.70. The molecule has 2 unspecified atom stereocenters. The summed E-state index contributed by atoms with van der Waals surface area (Å²) in [6, 6.07) is -0.220. The van der Waals surface area contributed by atoms with Gasteiger partial charge in [0.15, 0.2) is 9.84 Å². The highest BCUT2D eigenvalue weighted by molar-refractivity contribution is 7.91. The first-order valence-electron chi connectivity index (χ1n) is 6.06. The van der Waals surface area contributed by atoms with Gasteiger partial charge in [0, 0.05) is 18.3 Å². The van der Waals surface area contributed by atoms with Crippen molar-refractivity contribution in [3.63, 3.8) is 0 Å². The number of rotatable bonds is 8. The molecule has 0 rings (SSSR count). The fourth-order valence-corrected chi connectivity index (χ4v) is 1.86. The normalized spacial score (nSPS) is 15.3. The van der Waals surface area contributed by atoms with E-state index in [1.165, 1.54) is 0 Å². The van der Waals surface area contributed by atoms with Crippen LogP contribution in [-0.2, 0) is 14.6 Å². The summed E-state index contributed by atoms with van der Waals surface area (Å²) in [5.74, 6) is 0.125. The Morgan fingerprint density at radius 1 is 1.24 bits per heavy atom. The highest BCUT2D eigenvalue weighted by Gasteiger charge is 2.15. The SMILES string of the molecule is CCC(C)NC(=O)C(C)NCCS(=O)(=O)CC. The van der Waals surface area contributed by atoms with Gasteiger partial charge in [0.1, 0.15) is 0 Å². The summed E-state index contributed by atoms with van der Waals surface area (Å²) < 4.78 is 22.5. The molecule has 0 aromatic carbocycles. The van der Waals surface area contributed by atoms with Crippen LogP contribution >= 0.6 is 0 Å². The Balaban J connectivity index is 3.94. The maximum absolute atomic E-state index is 11.6. The molecule has 0 radical (unpaired) electrons. The molecule has 0 aliphatic heterocycles. The molecule has 0 aliphatic carbocycles. The fraction of sp³-hybridized carbons (Fsp3) is 0.909. The van der Waals surface area contributed by atoms with Crippen LogP contribution in [0.2, 0.25) is 0 Å². The molecule has 2 N–H and O–H groups in total. The van der Waals surface area contributed by atoms with Gasteiger partial charge in [-0.1, -0.05) is 13.8 Å². The fourth-order valence-electron chi connectivity index (χ4n) is 1.14. The van der Waals surface area contributed by atoms with Crippen molar-refractivity contribution in [3.8, 4) is 0 Å². The van der Waals surface area contributed by atoms with Gasteiger partial charge in [-0.2, -0.15) is 0 Å². The minimum Gasteiger partial charge on any atom is -0.352 e. The van der Waals surface area contributed by atoms with Crippen molar-refractivity contribution in [1.82, 2.24) is 10.6 Å². The van der Waals surface area contributed by atoms with Crippen LogP contribution in [0.1, 0.15) is 34.1 Å². The molecule has 0 bridgehead atoms. The molecule has 0 fully saturated rings. The zero-order valence-corrected chi connectivity index (χ0v) is 11.9. The van der Waals surface area contributed by atoms with E-state index >= 15 is 0 Å². The Morgan fingerprint density at radius 2 is 1.82 bits per heavy atom. The van der Waals surface area contributed by atoms with E-state index in [2.05, 4.69) is 10.6 Å². The lowest BCUT2D eigenvalue weighted by Gasteiger charge is -2.17. The van der Waals surface area contributed by atoms with E-state index in [0.29, 0.717) is 6.54 Å². The molecule has 2 atom stereocenters. The Kier molecular flexibility index (Phi) is 7.38. The first-order valence-corrected chi connectivity index (χ1v) is 7.88. The molecule has 0 aromatic heterocycles. The van der Waals surface area contributed by atoms with Gasteiger partial charge in [-0.3, -0.25) is 4.79 Å². The van der Waals surface area contributed by atoms with Crippen molar-refractivity contribution in [1.29, 1.82) is 0 Å². The van der Waals surface area contributed by atoms with Crippen LogP contribution in [0.3, 0.4) is 0 Å². The van der Waals surface area contributed by atoms with E-state index < -0.39 is 9.84 Å². The summed E-state index contributed by atoms with van der Waals surface area (Å²) in [4.78, 5) is 11.6. The van der Waals surface area contributed by atoms with Crippen molar-refractivity contribution in [2.75, 3.05) is 18.1 Å². The average Bonchev–Trinajstić information content (AvgIpc) is 2.28.